The number of aromatic amines is 1. The van der Waals surface area contributed by atoms with Gasteiger partial charge in [0.15, 0.2) is 5.82 Å². The van der Waals surface area contributed by atoms with Gasteiger partial charge < -0.3 is 15.0 Å². The SMILES string of the molecule is CNCc1cc(=O)[nH]c(-c2cc(OC)ncn2)n1. The van der Waals surface area contributed by atoms with Gasteiger partial charge in [-0.3, -0.25) is 4.79 Å². The summed E-state index contributed by atoms with van der Waals surface area (Å²) < 4.78 is 5.00. The quantitative estimate of drug-likeness (QED) is 0.787. The highest BCUT2D eigenvalue weighted by Crippen LogP contribution is 2.14. The van der Waals surface area contributed by atoms with Crippen LogP contribution in [-0.4, -0.2) is 34.1 Å². The maximum absolute atomic E-state index is 11.5. The maximum Gasteiger partial charge on any atom is 0.251 e. The Bertz CT molecular complexity index is 596. The van der Waals surface area contributed by atoms with Crippen LogP contribution in [0.1, 0.15) is 5.69 Å². The van der Waals surface area contributed by atoms with Crippen molar-refractivity contribution in [2.45, 2.75) is 6.54 Å². The van der Waals surface area contributed by atoms with Crippen molar-refractivity contribution in [3.05, 3.63) is 34.5 Å². The topological polar surface area (TPSA) is 92.8 Å². The van der Waals surface area contributed by atoms with Gasteiger partial charge in [0.05, 0.1) is 12.8 Å². The van der Waals surface area contributed by atoms with Crippen molar-refractivity contribution in [1.82, 2.24) is 25.3 Å². The van der Waals surface area contributed by atoms with Gasteiger partial charge in [-0.25, -0.2) is 15.0 Å². The Kier molecular flexibility index (Phi) is 3.63. The molecule has 0 aliphatic heterocycles. The molecule has 0 saturated carbocycles. The lowest BCUT2D eigenvalue weighted by Crippen LogP contribution is -2.15. The normalized spacial score (nSPS) is 10.3. The van der Waals surface area contributed by atoms with Crippen molar-refractivity contribution in [1.29, 1.82) is 0 Å². The molecule has 2 N–H and O–H groups in total. The van der Waals surface area contributed by atoms with Crippen molar-refractivity contribution in [3.63, 3.8) is 0 Å². The van der Waals surface area contributed by atoms with Gasteiger partial charge in [0.2, 0.25) is 5.88 Å². The summed E-state index contributed by atoms with van der Waals surface area (Å²) in [6.45, 7) is 0.513. The van der Waals surface area contributed by atoms with Crippen LogP contribution in [0.25, 0.3) is 11.5 Å². The number of rotatable bonds is 4. The second-order valence-corrected chi connectivity index (χ2v) is 3.56. The molecule has 0 amide bonds. The summed E-state index contributed by atoms with van der Waals surface area (Å²) in [4.78, 5) is 26.4. The van der Waals surface area contributed by atoms with Crippen molar-refractivity contribution in [3.8, 4) is 17.4 Å². The first kappa shape index (κ1) is 12.2. The Morgan fingerprint density at radius 2 is 2.22 bits per heavy atom. The third-order valence-electron chi connectivity index (χ3n) is 2.25. The molecule has 0 unspecified atom stereocenters. The number of ether oxygens (including phenoxy) is 1. The summed E-state index contributed by atoms with van der Waals surface area (Å²) in [5, 5.41) is 2.94. The Hall–Kier alpha value is -2.28. The minimum absolute atomic E-state index is 0.220. The minimum atomic E-state index is -0.220. The van der Waals surface area contributed by atoms with E-state index in [1.807, 2.05) is 0 Å². The zero-order valence-electron chi connectivity index (χ0n) is 10.1. The lowest BCUT2D eigenvalue weighted by Gasteiger charge is -2.04. The van der Waals surface area contributed by atoms with Crippen molar-refractivity contribution in [2.24, 2.45) is 0 Å². The highest BCUT2D eigenvalue weighted by Gasteiger charge is 2.06. The Balaban J connectivity index is 2.45. The number of nitrogens with zero attached hydrogens (tertiary/aromatic N) is 3. The van der Waals surface area contributed by atoms with E-state index in [1.165, 1.54) is 19.5 Å². The molecule has 2 aromatic rings. The molecule has 2 heterocycles. The summed E-state index contributed by atoms with van der Waals surface area (Å²) in [5.74, 6) is 0.815. The molecule has 2 aromatic heterocycles. The van der Waals surface area contributed by atoms with Gasteiger partial charge in [0, 0.05) is 18.7 Å². The first-order valence-corrected chi connectivity index (χ1v) is 5.34. The van der Waals surface area contributed by atoms with Crippen LogP contribution < -0.4 is 15.6 Å². The zero-order valence-corrected chi connectivity index (χ0v) is 10.1. The van der Waals surface area contributed by atoms with Crippen LogP contribution >= 0.6 is 0 Å². The highest BCUT2D eigenvalue weighted by atomic mass is 16.5. The molecule has 0 bridgehead atoms. The van der Waals surface area contributed by atoms with Crippen LogP contribution in [0.4, 0.5) is 0 Å². The maximum atomic E-state index is 11.5. The molecule has 94 valence electrons. The smallest absolute Gasteiger partial charge is 0.251 e. The predicted octanol–water partition coefficient (Wildman–Crippen LogP) is -0.0451. The molecule has 0 aromatic carbocycles. The van der Waals surface area contributed by atoms with E-state index in [9.17, 15) is 4.79 Å². The van der Waals surface area contributed by atoms with Crippen LogP contribution in [0.5, 0.6) is 5.88 Å². The van der Waals surface area contributed by atoms with Gasteiger partial charge in [-0.1, -0.05) is 0 Å². The molecular weight excluding hydrogens is 234 g/mol. The van der Waals surface area contributed by atoms with Crippen molar-refractivity contribution in [2.75, 3.05) is 14.2 Å². The number of nitrogens with one attached hydrogen (secondary N) is 2. The molecule has 0 atom stereocenters. The van der Waals surface area contributed by atoms with E-state index < -0.39 is 0 Å². The Labute approximate surface area is 103 Å². The second kappa shape index (κ2) is 5.37. The van der Waals surface area contributed by atoms with Gasteiger partial charge in [-0.15, -0.1) is 0 Å². The van der Waals surface area contributed by atoms with Crippen LogP contribution in [0.2, 0.25) is 0 Å². The van der Waals surface area contributed by atoms with E-state index in [0.29, 0.717) is 29.6 Å². The number of hydrogen-bond acceptors (Lipinski definition) is 6. The molecule has 2 rings (SSSR count). The van der Waals surface area contributed by atoms with E-state index in [4.69, 9.17) is 4.74 Å². The lowest BCUT2D eigenvalue weighted by atomic mass is 10.3. The first-order chi connectivity index (χ1) is 8.72. The summed E-state index contributed by atoms with van der Waals surface area (Å²) in [5.41, 5.74) is 0.938. The summed E-state index contributed by atoms with van der Waals surface area (Å²) in [6, 6.07) is 3.06. The fraction of sp³-hybridized carbons (Fsp3) is 0.273. The van der Waals surface area contributed by atoms with Gasteiger partial charge in [-0.2, -0.15) is 0 Å². The molecule has 0 radical (unpaired) electrons. The van der Waals surface area contributed by atoms with Crippen LogP contribution in [0.15, 0.2) is 23.3 Å². The van der Waals surface area contributed by atoms with Gasteiger partial charge >= 0.3 is 0 Å². The largest absolute Gasteiger partial charge is 0.481 e. The number of aromatic nitrogens is 4. The average Bonchev–Trinajstić information content (AvgIpc) is 2.38. The van der Waals surface area contributed by atoms with E-state index in [1.54, 1.807) is 13.1 Å². The van der Waals surface area contributed by atoms with Gasteiger partial charge in [-0.05, 0) is 7.05 Å². The Morgan fingerprint density at radius 1 is 1.39 bits per heavy atom. The van der Waals surface area contributed by atoms with Crippen LogP contribution in [0, 0.1) is 0 Å². The van der Waals surface area contributed by atoms with Gasteiger partial charge in [0.1, 0.15) is 12.0 Å². The van der Waals surface area contributed by atoms with Crippen LogP contribution in [-0.2, 0) is 6.54 Å². The fourth-order valence-electron chi connectivity index (χ4n) is 1.48. The minimum Gasteiger partial charge on any atom is -0.481 e. The third kappa shape index (κ3) is 2.69. The molecule has 7 heteroatoms. The number of hydrogen-bond donors (Lipinski definition) is 2. The van der Waals surface area contributed by atoms with E-state index >= 15 is 0 Å². The molecule has 18 heavy (non-hydrogen) atoms. The molecule has 0 aliphatic carbocycles. The average molecular weight is 247 g/mol. The predicted molar refractivity (Wildman–Crippen MR) is 65.2 cm³/mol. The molecule has 0 spiro atoms. The summed E-state index contributed by atoms with van der Waals surface area (Å²) in [7, 11) is 3.30. The molecule has 7 nitrogen and oxygen atoms in total. The van der Waals surface area contributed by atoms with E-state index in [0.717, 1.165) is 0 Å². The standard InChI is InChI=1S/C11H13N5O2/c1-12-5-7-3-9(17)16-11(15-7)8-4-10(18-2)14-6-13-8/h3-4,6,12H,5H2,1-2H3,(H,15,16,17). The summed E-state index contributed by atoms with van der Waals surface area (Å²) >= 11 is 0. The van der Waals surface area contributed by atoms with E-state index in [2.05, 4.69) is 25.3 Å². The lowest BCUT2D eigenvalue weighted by molar-refractivity contribution is 0.397. The molecule has 0 aliphatic rings. The zero-order chi connectivity index (χ0) is 13.0. The van der Waals surface area contributed by atoms with Crippen molar-refractivity contribution >= 4 is 0 Å². The van der Waals surface area contributed by atoms with Crippen LogP contribution in [0.3, 0.4) is 0 Å². The summed E-state index contributed by atoms with van der Waals surface area (Å²) in [6.07, 6.45) is 1.36. The Morgan fingerprint density at radius 3 is 2.94 bits per heavy atom. The first-order valence-electron chi connectivity index (χ1n) is 5.34. The number of methoxy groups -OCH3 is 1. The highest BCUT2D eigenvalue weighted by molar-refractivity contribution is 5.49. The monoisotopic (exact) mass is 247 g/mol. The van der Waals surface area contributed by atoms with E-state index in [-0.39, 0.29) is 5.56 Å². The van der Waals surface area contributed by atoms with Gasteiger partial charge in [0.25, 0.3) is 5.56 Å². The fourth-order valence-corrected chi connectivity index (χ4v) is 1.48. The molecular formula is C11H13N5O2. The van der Waals surface area contributed by atoms with Crippen molar-refractivity contribution < 1.29 is 4.74 Å². The third-order valence-corrected chi connectivity index (χ3v) is 2.25. The molecule has 0 fully saturated rings. The molecule has 0 saturated heterocycles. The second-order valence-electron chi connectivity index (χ2n) is 3.56. The number of H-pyrrole nitrogens is 1.